The summed E-state index contributed by atoms with van der Waals surface area (Å²) < 4.78 is 0. The Labute approximate surface area is 122 Å². The molecule has 3 nitrogen and oxygen atoms in total. The van der Waals surface area contributed by atoms with Gasteiger partial charge in [-0.25, -0.2) is 0 Å². The Morgan fingerprint density at radius 1 is 1.40 bits per heavy atom. The fourth-order valence-corrected chi connectivity index (χ4v) is 2.94. The van der Waals surface area contributed by atoms with Crippen LogP contribution in [0.3, 0.4) is 0 Å². The smallest absolute Gasteiger partial charge is 0.227 e. The molecular formula is C17H26N2O. The van der Waals surface area contributed by atoms with Crippen LogP contribution >= 0.6 is 0 Å². The summed E-state index contributed by atoms with van der Waals surface area (Å²) in [4.78, 5) is 12.4. The molecule has 3 unspecified atom stereocenters. The van der Waals surface area contributed by atoms with Gasteiger partial charge in [-0.2, -0.15) is 0 Å². The highest BCUT2D eigenvalue weighted by Crippen LogP contribution is 2.21. The van der Waals surface area contributed by atoms with E-state index in [9.17, 15) is 4.79 Å². The largest absolute Gasteiger partial charge is 0.355 e. The van der Waals surface area contributed by atoms with E-state index in [-0.39, 0.29) is 11.8 Å². The van der Waals surface area contributed by atoms with Crippen molar-refractivity contribution < 1.29 is 4.79 Å². The van der Waals surface area contributed by atoms with Gasteiger partial charge in [-0.3, -0.25) is 4.79 Å². The molecule has 0 spiro atoms. The number of rotatable bonds is 5. The van der Waals surface area contributed by atoms with E-state index >= 15 is 0 Å². The SMILES string of the molecule is CCC(C(=O)NCC1CNCCC1C)c1ccccc1. The zero-order valence-corrected chi connectivity index (χ0v) is 12.6. The minimum Gasteiger partial charge on any atom is -0.355 e. The second-order valence-electron chi connectivity index (χ2n) is 5.85. The van der Waals surface area contributed by atoms with Crippen molar-refractivity contribution in [2.75, 3.05) is 19.6 Å². The molecule has 1 heterocycles. The molecule has 1 saturated heterocycles. The van der Waals surface area contributed by atoms with Gasteiger partial charge in [0.1, 0.15) is 0 Å². The van der Waals surface area contributed by atoms with Crippen molar-refractivity contribution in [2.45, 2.75) is 32.6 Å². The van der Waals surface area contributed by atoms with Crippen LogP contribution in [0.4, 0.5) is 0 Å². The Morgan fingerprint density at radius 2 is 2.15 bits per heavy atom. The van der Waals surface area contributed by atoms with E-state index in [4.69, 9.17) is 0 Å². The highest BCUT2D eigenvalue weighted by molar-refractivity contribution is 5.83. The van der Waals surface area contributed by atoms with E-state index < -0.39 is 0 Å². The second-order valence-corrected chi connectivity index (χ2v) is 5.85. The molecule has 3 heteroatoms. The topological polar surface area (TPSA) is 41.1 Å². The first-order valence-electron chi connectivity index (χ1n) is 7.75. The van der Waals surface area contributed by atoms with Crippen LogP contribution in [0, 0.1) is 11.8 Å². The average molecular weight is 274 g/mol. The molecule has 110 valence electrons. The number of hydrogen-bond donors (Lipinski definition) is 2. The molecule has 2 N–H and O–H groups in total. The first-order chi connectivity index (χ1) is 9.72. The Morgan fingerprint density at radius 3 is 2.80 bits per heavy atom. The van der Waals surface area contributed by atoms with Gasteiger partial charge >= 0.3 is 0 Å². The van der Waals surface area contributed by atoms with Crippen LogP contribution in [-0.2, 0) is 4.79 Å². The molecule has 20 heavy (non-hydrogen) atoms. The maximum Gasteiger partial charge on any atom is 0.227 e. The molecule has 0 aromatic heterocycles. The van der Waals surface area contributed by atoms with E-state index in [0.29, 0.717) is 11.8 Å². The summed E-state index contributed by atoms with van der Waals surface area (Å²) in [5.74, 6) is 1.38. The van der Waals surface area contributed by atoms with Crippen LogP contribution in [0.5, 0.6) is 0 Å². The predicted octanol–water partition coefficient (Wildman–Crippen LogP) is 2.54. The van der Waals surface area contributed by atoms with Crippen LogP contribution in [0.2, 0.25) is 0 Å². The van der Waals surface area contributed by atoms with Crippen molar-refractivity contribution in [1.82, 2.24) is 10.6 Å². The van der Waals surface area contributed by atoms with Crippen molar-refractivity contribution in [3.05, 3.63) is 35.9 Å². The van der Waals surface area contributed by atoms with E-state index in [1.807, 2.05) is 30.3 Å². The zero-order valence-electron chi connectivity index (χ0n) is 12.6. The summed E-state index contributed by atoms with van der Waals surface area (Å²) in [6.07, 6.45) is 2.05. The second kappa shape index (κ2) is 7.44. The van der Waals surface area contributed by atoms with Gasteiger partial charge in [-0.15, -0.1) is 0 Å². The van der Waals surface area contributed by atoms with Gasteiger partial charge in [0.15, 0.2) is 0 Å². The first-order valence-corrected chi connectivity index (χ1v) is 7.75. The van der Waals surface area contributed by atoms with Gasteiger partial charge < -0.3 is 10.6 Å². The predicted molar refractivity (Wildman–Crippen MR) is 82.6 cm³/mol. The normalized spacial score (nSPS) is 24.1. The molecule has 0 radical (unpaired) electrons. The zero-order chi connectivity index (χ0) is 14.4. The van der Waals surface area contributed by atoms with Gasteiger partial charge in [0.2, 0.25) is 5.91 Å². The fraction of sp³-hybridized carbons (Fsp3) is 0.588. The summed E-state index contributed by atoms with van der Waals surface area (Å²) >= 11 is 0. The van der Waals surface area contributed by atoms with Crippen molar-refractivity contribution in [1.29, 1.82) is 0 Å². The van der Waals surface area contributed by atoms with E-state index in [1.165, 1.54) is 6.42 Å². The molecule has 2 rings (SSSR count). The molecular weight excluding hydrogens is 248 g/mol. The van der Waals surface area contributed by atoms with Crippen LogP contribution in [0.15, 0.2) is 30.3 Å². The van der Waals surface area contributed by atoms with Crippen molar-refractivity contribution >= 4 is 5.91 Å². The molecule has 0 bridgehead atoms. The monoisotopic (exact) mass is 274 g/mol. The number of piperidine rings is 1. The Balaban J connectivity index is 1.89. The minimum atomic E-state index is -0.0249. The van der Waals surface area contributed by atoms with Crippen LogP contribution in [0.1, 0.15) is 38.2 Å². The average Bonchev–Trinajstić information content (AvgIpc) is 2.48. The van der Waals surface area contributed by atoms with Gasteiger partial charge in [0, 0.05) is 6.54 Å². The molecule has 0 aliphatic carbocycles. The van der Waals surface area contributed by atoms with E-state index in [1.54, 1.807) is 0 Å². The molecule has 3 atom stereocenters. The molecule has 1 aliphatic rings. The summed E-state index contributed by atoms with van der Waals surface area (Å²) in [7, 11) is 0. The Hall–Kier alpha value is -1.35. The summed E-state index contributed by atoms with van der Waals surface area (Å²) in [6.45, 7) is 7.27. The number of hydrogen-bond acceptors (Lipinski definition) is 2. The molecule has 1 amide bonds. The Kier molecular flexibility index (Phi) is 5.60. The molecule has 0 saturated carbocycles. The molecule has 1 aliphatic heterocycles. The number of amides is 1. The van der Waals surface area contributed by atoms with Gasteiger partial charge in [-0.1, -0.05) is 44.2 Å². The lowest BCUT2D eigenvalue weighted by atomic mass is 9.87. The van der Waals surface area contributed by atoms with Crippen LogP contribution < -0.4 is 10.6 Å². The lowest BCUT2D eigenvalue weighted by Gasteiger charge is -2.30. The molecule has 1 fully saturated rings. The van der Waals surface area contributed by atoms with Gasteiger partial charge in [0.25, 0.3) is 0 Å². The van der Waals surface area contributed by atoms with Gasteiger partial charge in [0.05, 0.1) is 5.92 Å². The standard InChI is InChI=1S/C17H26N2O/c1-3-16(14-7-5-4-6-8-14)17(20)19-12-15-11-18-10-9-13(15)2/h4-8,13,15-16,18H,3,9-12H2,1-2H3,(H,19,20). The van der Waals surface area contributed by atoms with E-state index in [0.717, 1.165) is 31.6 Å². The number of benzene rings is 1. The Bertz CT molecular complexity index is 418. The highest BCUT2D eigenvalue weighted by atomic mass is 16.1. The van der Waals surface area contributed by atoms with Crippen molar-refractivity contribution in [2.24, 2.45) is 11.8 Å². The maximum absolute atomic E-state index is 12.4. The number of carbonyl (C=O) groups excluding carboxylic acids is 1. The summed E-state index contributed by atoms with van der Waals surface area (Å²) in [6, 6.07) is 10.1. The lowest BCUT2D eigenvalue weighted by molar-refractivity contribution is -0.122. The highest BCUT2D eigenvalue weighted by Gasteiger charge is 2.23. The van der Waals surface area contributed by atoms with Crippen LogP contribution in [0.25, 0.3) is 0 Å². The molecule has 1 aromatic rings. The van der Waals surface area contributed by atoms with E-state index in [2.05, 4.69) is 24.5 Å². The fourth-order valence-electron chi connectivity index (χ4n) is 2.94. The molecule has 1 aromatic carbocycles. The summed E-state index contributed by atoms with van der Waals surface area (Å²) in [5, 5.41) is 6.57. The van der Waals surface area contributed by atoms with Crippen molar-refractivity contribution in [3.8, 4) is 0 Å². The van der Waals surface area contributed by atoms with Gasteiger partial charge in [-0.05, 0) is 43.3 Å². The first kappa shape index (κ1) is 15.0. The lowest BCUT2D eigenvalue weighted by Crippen LogP contribution is -2.43. The third kappa shape index (κ3) is 3.83. The number of carbonyl (C=O) groups is 1. The van der Waals surface area contributed by atoms with Crippen molar-refractivity contribution in [3.63, 3.8) is 0 Å². The minimum absolute atomic E-state index is 0.0249. The summed E-state index contributed by atoms with van der Waals surface area (Å²) in [5.41, 5.74) is 1.11. The van der Waals surface area contributed by atoms with Crippen LogP contribution in [-0.4, -0.2) is 25.5 Å². The maximum atomic E-state index is 12.4. The quantitative estimate of drug-likeness (QED) is 0.866. The number of nitrogens with one attached hydrogen (secondary N) is 2. The third-order valence-corrected chi connectivity index (χ3v) is 4.45. The third-order valence-electron chi connectivity index (χ3n) is 4.45.